The Bertz CT molecular complexity index is 755. The number of nitrogens with zero attached hydrogens (tertiary/aromatic N) is 1. The summed E-state index contributed by atoms with van der Waals surface area (Å²) >= 11 is 0. The minimum Gasteiger partial charge on any atom is -0.346 e. The standard InChI is InChI=1S/C21H24F2N2O/c1-15(18-9-10-19(22)20(23)13-18)24-21(26)17-7-5-16(6-8-17)14-25-11-3-2-4-12-25/h5-10,13,15H,2-4,11-12,14H2,1H3,(H,24,26). The van der Waals surface area contributed by atoms with Crippen molar-refractivity contribution in [3.8, 4) is 0 Å². The van der Waals surface area contributed by atoms with Gasteiger partial charge < -0.3 is 5.32 Å². The van der Waals surface area contributed by atoms with E-state index in [2.05, 4.69) is 10.2 Å². The van der Waals surface area contributed by atoms with Crippen LogP contribution < -0.4 is 5.32 Å². The van der Waals surface area contributed by atoms with Gasteiger partial charge in [-0.3, -0.25) is 9.69 Å². The number of likely N-dealkylation sites (tertiary alicyclic amines) is 1. The van der Waals surface area contributed by atoms with E-state index in [1.165, 1.54) is 30.9 Å². The van der Waals surface area contributed by atoms with Crippen LogP contribution in [0.25, 0.3) is 0 Å². The van der Waals surface area contributed by atoms with Crippen LogP contribution >= 0.6 is 0 Å². The fourth-order valence-electron chi connectivity index (χ4n) is 3.28. The van der Waals surface area contributed by atoms with Gasteiger partial charge in [0, 0.05) is 12.1 Å². The van der Waals surface area contributed by atoms with Gasteiger partial charge in [0.1, 0.15) is 0 Å². The summed E-state index contributed by atoms with van der Waals surface area (Å²) in [7, 11) is 0. The highest BCUT2D eigenvalue weighted by Gasteiger charge is 2.14. The van der Waals surface area contributed by atoms with Crippen molar-refractivity contribution in [1.29, 1.82) is 0 Å². The maximum Gasteiger partial charge on any atom is 0.251 e. The average Bonchev–Trinajstić information content (AvgIpc) is 2.65. The molecule has 1 unspecified atom stereocenters. The van der Waals surface area contributed by atoms with E-state index in [0.29, 0.717) is 11.1 Å². The summed E-state index contributed by atoms with van der Waals surface area (Å²) in [4.78, 5) is 14.8. The Morgan fingerprint density at radius 1 is 1.04 bits per heavy atom. The van der Waals surface area contributed by atoms with Crippen LogP contribution in [-0.2, 0) is 6.54 Å². The third-order valence-corrected chi connectivity index (χ3v) is 4.86. The van der Waals surface area contributed by atoms with Crippen molar-refractivity contribution in [3.05, 3.63) is 70.8 Å². The molecule has 138 valence electrons. The third kappa shape index (κ3) is 4.67. The van der Waals surface area contributed by atoms with Crippen LogP contribution in [0.4, 0.5) is 8.78 Å². The van der Waals surface area contributed by atoms with Gasteiger partial charge in [0.05, 0.1) is 6.04 Å². The molecule has 1 heterocycles. The zero-order valence-electron chi connectivity index (χ0n) is 15.0. The summed E-state index contributed by atoms with van der Waals surface area (Å²) in [5.74, 6) is -2.03. The molecule has 2 aromatic rings. The van der Waals surface area contributed by atoms with Gasteiger partial charge in [-0.1, -0.05) is 24.6 Å². The van der Waals surface area contributed by atoms with E-state index in [1.54, 1.807) is 6.92 Å². The predicted octanol–water partition coefficient (Wildman–Crippen LogP) is 4.44. The average molecular weight is 358 g/mol. The van der Waals surface area contributed by atoms with Crippen molar-refractivity contribution in [3.63, 3.8) is 0 Å². The molecule has 1 aliphatic rings. The first kappa shape index (κ1) is 18.5. The normalized spacial score (nSPS) is 16.3. The Morgan fingerprint density at radius 2 is 1.73 bits per heavy atom. The summed E-state index contributed by atoms with van der Waals surface area (Å²) in [6, 6.07) is 10.8. The number of nitrogens with one attached hydrogen (secondary N) is 1. The van der Waals surface area contributed by atoms with Crippen LogP contribution in [-0.4, -0.2) is 23.9 Å². The second kappa shape index (κ2) is 8.41. The van der Waals surface area contributed by atoms with E-state index < -0.39 is 17.7 Å². The van der Waals surface area contributed by atoms with Gasteiger partial charge in [0.15, 0.2) is 11.6 Å². The Hall–Kier alpha value is -2.27. The molecule has 3 rings (SSSR count). The van der Waals surface area contributed by atoms with Gasteiger partial charge in [-0.05, 0) is 68.2 Å². The molecule has 1 aliphatic heterocycles. The van der Waals surface area contributed by atoms with E-state index in [9.17, 15) is 13.6 Å². The topological polar surface area (TPSA) is 32.3 Å². The van der Waals surface area contributed by atoms with Crippen molar-refractivity contribution < 1.29 is 13.6 Å². The van der Waals surface area contributed by atoms with Crippen LogP contribution in [0.2, 0.25) is 0 Å². The number of carbonyl (C=O) groups excluding carboxylic acids is 1. The van der Waals surface area contributed by atoms with Crippen LogP contribution in [0.3, 0.4) is 0 Å². The van der Waals surface area contributed by atoms with Crippen LogP contribution in [0.1, 0.15) is 53.7 Å². The lowest BCUT2D eigenvalue weighted by atomic mass is 10.1. The first-order chi connectivity index (χ1) is 12.5. The SMILES string of the molecule is CC(NC(=O)c1ccc(CN2CCCCC2)cc1)c1ccc(F)c(F)c1. The van der Waals surface area contributed by atoms with Gasteiger partial charge in [0.25, 0.3) is 5.91 Å². The van der Waals surface area contributed by atoms with Gasteiger partial charge in [-0.15, -0.1) is 0 Å². The van der Waals surface area contributed by atoms with E-state index >= 15 is 0 Å². The van der Waals surface area contributed by atoms with Crippen LogP contribution in [0.15, 0.2) is 42.5 Å². The Balaban J connectivity index is 1.59. The first-order valence-corrected chi connectivity index (χ1v) is 9.10. The molecule has 3 nitrogen and oxygen atoms in total. The van der Waals surface area contributed by atoms with E-state index in [1.807, 2.05) is 24.3 Å². The lowest BCUT2D eigenvalue weighted by Gasteiger charge is -2.26. The van der Waals surface area contributed by atoms with Crippen molar-refractivity contribution in [2.75, 3.05) is 13.1 Å². The zero-order valence-corrected chi connectivity index (χ0v) is 15.0. The number of carbonyl (C=O) groups is 1. The lowest BCUT2D eigenvalue weighted by Crippen LogP contribution is -2.29. The van der Waals surface area contributed by atoms with E-state index in [0.717, 1.165) is 31.8 Å². The molecule has 1 N–H and O–H groups in total. The molecule has 1 saturated heterocycles. The highest BCUT2D eigenvalue weighted by atomic mass is 19.2. The Morgan fingerprint density at radius 3 is 2.38 bits per heavy atom. The molecule has 26 heavy (non-hydrogen) atoms. The minimum absolute atomic E-state index is 0.230. The smallest absolute Gasteiger partial charge is 0.251 e. The van der Waals surface area contributed by atoms with E-state index in [-0.39, 0.29) is 5.91 Å². The summed E-state index contributed by atoms with van der Waals surface area (Å²) < 4.78 is 26.4. The van der Waals surface area contributed by atoms with E-state index in [4.69, 9.17) is 0 Å². The number of hydrogen-bond donors (Lipinski definition) is 1. The molecule has 0 bridgehead atoms. The molecule has 0 aliphatic carbocycles. The molecular formula is C21H24F2N2O. The second-order valence-corrected chi connectivity index (χ2v) is 6.90. The summed E-state index contributed by atoms with van der Waals surface area (Å²) in [5, 5.41) is 2.82. The maximum atomic E-state index is 13.3. The number of rotatable bonds is 5. The summed E-state index contributed by atoms with van der Waals surface area (Å²) in [5.41, 5.74) is 2.28. The van der Waals surface area contributed by atoms with Crippen LogP contribution in [0.5, 0.6) is 0 Å². The molecule has 5 heteroatoms. The molecule has 1 atom stereocenters. The van der Waals surface area contributed by atoms with Crippen molar-refractivity contribution >= 4 is 5.91 Å². The summed E-state index contributed by atoms with van der Waals surface area (Å²) in [6.07, 6.45) is 3.82. The number of amides is 1. The lowest BCUT2D eigenvalue weighted by molar-refractivity contribution is 0.0939. The molecule has 1 fully saturated rings. The zero-order chi connectivity index (χ0) is 18.5. The van der Waals surface area contributed by atoms with Gasteiger partial charge >= 0.3 is 0 Å². The van der Waals surface area contributed by atoms with Crippen molar-refractivity contribution in [1.82, 2.24) is 10.2 Å². The molecule has 2 aromatic carbocycles. The van der Waals surface area contributed by atoms with Crippen molar-refractivity contribution in [2.45, 2.75) is 38.8 Å². The Kier molecular flexibility index (Phi) is 5.99. The second-order valence-electron chi connectivity index (χ2n) is 6.90. The third-order valence-electron chi connectivity index (χ3n) is 4.86. The first-order valence-electron chi connectivity index (χ1n) is 9.10. The highest BCUT2D eigenvalue weighted by Crippen LogP contribution is 2.17. The maximum absolute atomic E-state index is 13.3. The monoisotopic (exact) mass is 358 g/mol. The number of hydrogen-bond acceptors (Lipinski definition) is 2. The molecule has 0 aromatic heterocycles. The largest absolute Gasteiger partial charge is 0.346 e. The van der Waals surface area contributed by atoms with Gasteiger partial charge in [-0.2, -0.15) is 0 Å². The fraction of sp³-hybridized carbons (Fsp3) is 0.381. The molecular weight excluding hydrogens is 334 g/mol. The quantitative estimate of drug-likeness (QED) is 0.857. The predicted molar refractivity (Wildman–Crippen MR) is 97.8 cm³/mol. The number of halogens is 2. The molecule has 0 saturated carbocycles. The highest BCUT2D eigenvalue weighted by molar-refractivity contribution is 5.94. The molecule has 0 spiro atoms. The number of benzene rings is 2. The number of piperidine rings is 1. The minimum atomic E-state index is -0.911. The molecule has 0 radical (unpaired) electrons. The Labute approximate surface area is 153 Å². The van der Waals surface area contributed by atoms with Crippen LogP contribution in [0, 0.1) is 11.6 Å². The fourth-order valence-corrected chi connectivity index (χ4v) is 3.28. The van der Waals surface area contributed by atoms with Gasteiger partial charge in [-0.25, -0.2) is 8.78 Å². The summed E-state index contributed by atoms with van der Waals surface area (Å²) in [6.45, 7) is 4.92. The van der Waals surface area contributed by atoms with Gasteiger partial charge in [0.2, 0.25) is 0 Å². The van der Waals surface area contributed by atoms with Crippen molar-refractivity contribution in [2.24, 2.45) is 0 Å². The molecule has 1 amide bonds.